The Hall–Kier alpha value is -1.79. The van der Waals surface area contributed by atoms with E-state index in [1.807, 2.05) is 20.8 Å². The molecule has 2 amide bonds. The first kappa shape index (κ1) is 16.1. The van der Waals surface area contributed by atoms with Gasteiger partial charge in [0.15, 0.2) is 0 Å². The fourth-order valence-electron chi connectivity index (χ4n) is 3.14. The molecule has 2 heterocycles. The van der Waals surface area contributed by atoms with Gasteiger partial charge in [0.1, 0.15) is 11.2 Å². The highest BCUT2D eigenvalue weighted by Gasteiger charge is 2.51. The van der Waals surface area contributed by atoms with Gasteiger partial charge in [-0.15, -0.1) is 0 Å². The van der Waals surface area contributed by atoms with E-state index in [0.29, 0.717) is 32.5 Å². The first-order valence-corrected chi connectivity index (χ1v) is 8.21. The number of rotatable bonds is 1. The molecular formula is C16H24N2O5. The standard InChI is InChI=1S/C16H24N2O5/c1-15(2,3)23-14(21)17-8-6-16(7-9-17)10-18(11-4-5-11)12(19)13(20)22-16/h11H,4-10H2,1-3H3. The maximum absolute atomic E-state index is 12.1. The van der Waals surface area contributed by atoms with Crippen molar-refractivity contribution in [3.63, 3.8) is 0 Å². The van der Waals surface area contributed by atoms with Gasteiger partial charge in [-0.05, 0) is 33.6 Å². The van der Waals surface area contributed by atoms with Crippen LogP contribution in [0.3, 0.4) is 0 Å². The maximum Gasteiger partial charge on any atom is 0.410 e. The molecule has 7 heteroatoms. The number of nitrogens with zero attached hydrogens (tertiary/aromatic N) is 2. The van der Waals surface area contributed by atoms with Gasteiger partial charge < -0.3 is 19.3 Å². The molecule has 0 atom stereocenters. The summed E-state index contributed by atoms with van der Waals surface area (Å²) in [4.78, 5) is 39.2. The van der Waals surface area contributed by atoms with Crippen molar-refractivity contribution in [1.29, 1.82) is 0 Å². The number of carbonyl (C=O) groups is 3. The van der Waals surface area contributed by atoms with E-state index >= 15 is 0 Å². The molecule has 1 aliphatic carbocycles. The minimum atomic E-state index is -0.756. The molecule has 0 aromatic rings. The molecule has 0 aromatic carbocycles. The molecule has 3 fully saturated rings. The number of carbonyl (C=O) groups excluding carboxylic acids is 3. The Morgan fingerprint density at radius 1 is 1.22 bits per heavy atom. The Morgan fingerprint density at radius 3 is 2.35 bits per heavy atom. The minimum Gasteiger partial charge on any atom is -0.450 e. The molecule has 0 unspecified atom stereocenters. The van der Waals surface area contributed by atoms with Crippen molar-refractivity contribution in [2.45, 2.75) is 63.7 Å². The summed E-state index contributed by atoms with van der Waals surface area (Å²) in [7, 11) is 0. The van der Waals surface area contributed by atoms with Crippen molar-refractivity contribution < 1.29 is 23.9 Å². The average Bonchev–Trinajstić information content (AvgIpc) is 3.26. The van der Waals surface area contributed by atoms with E-state index in [2.05, 4.69) is 0 Å². The third-order valence-electron chi connectivity index (χ3n) is 4.52. The van der Waals surface area contributed by atoms with Gasteiger partial charge >= 0.3 is 18.0 Å². The quantitative estimate of drug-likeness (QED) is 0.537. The zero-order valence-electron chi connectivity index (χ0n) is 14.0. The van der Waals surface area contributed by atoms with Gasteiger partial charge in [-0.25, -0.2) is 9.59 Å². The van der Waals surface area contributed by atoms with E-state index in [1.54, 1.807) is 9.80 Å². The second-order valence-electron chi connectivity index (χ2n) is 7.70. The van der Waals surface area contributed by atoms with Gasteiger partial charge in [-0.3, -0.25) is 4.79 Å². The largest absolute Gasteiger partial charge is 0.450 e. The van der Waals surface area contributed by atoms with E-state index < -0.39 is 23.1 Å². The zero-order valence-corrected chi connectivity index (χ0v) is 14.0. The molecule has 1 saturated carbocycles. The summed E-state index contributed by atoms with van der Waals surface area (Å²) in [5.41, 5.74) is -1.18. The van der Waals surface area contributed by atoms with Crippen molar-refractivity contribution in [1.82, 2.24) is 9.80 Å². The van der Waals surface area contributed by atoms with Gasteiger partial charge in [-0.1, -0.05) is 0 Å². The van der Waals surface area contributed by atoms with Crippen LogP contribution >= 0.6 is 0 Å². The van der Waals surface area contributed by atoms with E-state index in [-0.39, 0.29) is 12.1 Å². The summed E-state index contributed by atoms with van der Waals surface area (Å²) in [6.45, 7) is 6.88. The van der Waals surface area contributed by atoms with Gasteiger partial charge in [0.05, 0.1) is 6.54 Å². The van der Waals surface area contributed by atoms with Crippen LogP contribution in [0, 0.1) is 0 Å². The summed E-state index contributed by atoms with van der Waals surface area (Å²) >= 11 is 0. The molecule has 3 aliphatic rings. The molecule has 0 radical (unpaired) electrons. The first-order valence-electron chi connectivity index (χ1n) is 8.21. The van der Waals surface area contributed by atoms with Crippen LogP contribution < -0.4 is 0 Å². The summed E-state index contributed by atoms with van der Waals surface area (Å²) in [5.74, 6) is -1.28. The molecule has 3 rings (SSSR count). The fourth-order valence-corrected chi connectivity index (χ4v) is 3.14. The monoisotopic (exact) mass is 324 g/mol. The highest BCUT2D eigenvalue weighted by atomic mass is 16.6. The van der Waals surface area contributed by atoms with Crippen LogP contribution in [0.2, 0.25) is 0 Å². The van der Waals surface area contributed by atoms with Crippen LogP contribution in [0.15, 0.2) is 0 Å². The summed E-state index contributed by atoms with van der Waals surface area (Å²) < 4.78 is 10.8. The molecular weight excluding hydrogens is 300 g/mol. The number of likely N-dealkylation sites (tertiary alicyclic amines) is 1. The van der Waals surface area contributed by atoms with Crippen molar-refractivity contribution in [3.8, 4) is 0 Å². The Morgan fingerprint density at radius 2 is 1.83 bits per heavy atom. The predicted molar refractivity (Wildman–Crippen MR) is 80.6 cm³/mol. The molecule has 0 N–H and O–H groups in total. The van der Waals surface area contributed by atoms with E-state index in [0.717, 1.165) is 12.8 Å². The van der Waals surface area contributed by atoms with E-state index in [4.69, 9.17) is 9.47 Å². The number of esters is 1. The highest BCUT2D eigenvalue weighted by Crippen LogP contribution is 2.36. The predicted octanol–water partition coefficient (Wildman–Crippen LogP) is 1.30. The smallest absolute Gasteiger partial charge is 0.410 e. The number of ether oxygens (including phenoxy) is 2. The van der Waals surface area contributed by atoms with Crippen LogP contribution in [0.1, 0.15) is 46.5 Å². The number of piperidine rings is 1. The fraction of sp³-hybridized carbons (Fsp3) is 0.812. The number of amides is 2. The number of hydrogen-bond acceptors (Lipinski definition) is 5. The number of morpholine rings is 1. The Labute approximate surface area is 135 Å². The molecule has 2 saturated heterocycles. The van der Waals surface area contributed by atoms with Crippen LogP contribution in [-0.4, -0.2) is 64.6 Å². The second kappa shape index (κ2) is 5.39. The van der Waals surface area contributed by atoms with Crippen LogP contribution in [0.25, 0.3) is 0 Å². The van der Waals surface area contributed by atoms with Gasteiger partial charge in [0.2, 0.25) is 0 Å². The molecule has 7 nitrogen and oxygen atoms in total. The van der Waals surface area contributed by atoms with Crippen LogP contribution in [-0.2, 0) is 19.1 Å². The summed E-state index contributed by atoms with van der Waals surface area (Å²) in [6, 6.07) is 0.191. The molecule has 1 spiro atoms. The van der Waals surface area contributed by atoms with Crippen molar-refractivity contribution in [2.75, 3.05) is 19.6 Å². The first-order chi connectivity index (χ1) is 10.7. The minimum absolute atomic E-state index is 0.191. The average molecular weight is 324 g/mol. The topological polar surface area (TPSA) is 76.2 Å². The lowest BCUT2D eigenvalue weighted by Gasteiger charge is -2.46. The summed E-state index contributed by atoms with van der Waals surface area (Å²) in [6.07, 6.45) is 2.64. The highest BCUT2D eigenvalue weighted by molar-refractivity contribution is 6.33. The van der Waals surface area contributed by atoms with E-state index in [1.165, 1.54) is 0 Å². The Kier molecular flexibility index (Phi) is 3.77. The second-order valence-corrected chi connectivity index (χ2v) is 7.70. The van der Waals surface area contributed by atoms with Gasteiger partial charge in [-0.2, -0.15) is 0 Å². The molecule has 23 heavy (non-hydrogen) atoms. The third kappa shape index (κ3) is 3.43. The third-order valence-corrected chi connectivity index (χ3v) is 4.52. The SMILES string of the molecule is CC(C)(C)OC(=O)N1CCC2(CC1)CN(C1CC1)C(=O)C(=O)O2. The van der Waals surface area contributed by atoms with Crippen LogP contribution in [0.5, 0.6) is 0 Å². The Balaban J connectivity index is 1.62. The van der Waals surface area contributed by atoms with E-state index in [9.17, 15) is 14.4 Å². The Bertz CT molecular complexity index is 527. The molecule has 128 valence electrons. The maximum atomic E-state index is 12.1. The zero-order chi connectivity index (χ0) is 16.8. The van der Waals surface area contributed by atoms with Gasteiger partial charge in [0.25, 0.3) is 0 Å². The van der Waals surface area contributed by atoms with Crippen molar-refractivity contribution in [2.24, 2.45) is 0 Å². The molecule has 2 aliphatic heterocycles. The van der Waals surface area contributed by atoms with Crippen LogP contribution in [0.4, 0.5) is 4.79 Å². The summed E-state index contributed by atoms with van der Waals surface area (Å²) in [5, 5.41) is 0. The molecule has 0 bridgehead atoms. The van der Waals surface area contributed by atoms with Crippen molar-refractivity contribution in [3.05, 3.63) is 0 Å². The lowest BCUT2D eigenvalue weighted by molar-refractivity contribution is -0.189. The lowest BCUT2D eigenvalue weighted by atomic mass is 9.89. The number of hydrogen-bond donors (Lipinski definition) is 0. The normalized spacial score (nSPS) is 24.7. The molecule has 0 aromatic heterocycles. The lowest BCUT2D eigenvalue weighted by Crippen LogP contribution is -2.61. The van der Waals surface area contributed by atoms with Gasteiger partial charge in [0, 0.05) is 32.0 Å². The van der Waals surface area contributed by atoms with Crippen molar-refractivity contribution >= 4 is 18.0 Å².